The summed E-state index contributed by atoms with van der Waals surface area (Å²) in [6.45, 7) is 0.0514. The minimum atomic E-state index is -0.818. The van der Waals surface area contributed by atoms with Gasteiger partial charge in [0, 0.05) is 11.9 Å². The van der Waals surface area contributed by atoms with E-state index in [-0.39, 0.29) is 24.6 Å². The van der Waals surface area contributed by atoms with Gasteiger partial charge in [0.05, 0.1) is 11.9 Å². The van der Waals surface area contributed by atoms with E-state index in [0.29, 0.717) is 23.9 Å². The van der Waals surface area contributed by atoms with E-state index in [0.717, 1.165) is 18.2 Å². The number of para-hydroxylation sites is 1. The van der Waals surface area contributed by atoms with Gasteiger partial charge in [0.15, 0.2) is 0 Å². The number of aliphatic hydroxyl groups is 1. The largest absolute Gasteiger partial charge is 0.448 e. The molecule has 2 heterocycles. The molecule has 2 aromatic heterocycles. The van der Waals surface area contributed by atoms with Crippen LogP contribution in [-0.4, -0.2) is 32.7 Å². The Balaban J connectivity index is 1.55. The zero-order valence-corrected chi connectivity index (χ0v) is 13.7. The number of amides is 1. The predicted octanol–water partition coefficient (Wildman–Crippen LogP) is 1.56. The van der Waals surface area contributed by atoms with Crippen LogP contribution in [0.1, 0.15) is 25.7 Å². The first-order valence-electron chi connectivity index (χ1n) is 8.42. The van der Waals surface area contributed by atoms with Crippen LogP contribution in [0.15, 0.2) is 39.8 Å². The number of nitrogens with zero attached hydrogens (tertiary/aromatic N) is 2. The molecule has 1 fully saturated rings. The molecule has 130 valence electrons. The standard InChI is InChI=1S/C18H19N3O4/c22-14(19-10-18(24)7-3-4-8-18)9-21-11-20-15-12-5-1-2-6-13(12)25-16(15)17(21)23/h1-2,5-6,11,24H,3-4,7-10H2,(H,19,22). The van der Waals surface area contributed by atoms with Crippen LogP contribution in [0.4, 0.5) is 0 Å². The number of hydrogen-bond donors (Lipinski definition) is 2. The summed E-state index contributed by atoms with van der Waals surface area (Å²) in [7, 11) is 0. The van der Waals surface area contributed by atoms with Crippen molar-refractivity contribution in [3.8, 4) is 0 Å². The van der Waals surface area contributed by atoms with Crippen molar-refractivity contribution in [1.29, 1.82) is 0 Å². The van der Waals surface area contributed by atoms with Crippen LogP contribution < -0.4 is 10.9 Å². The Hall–Kier alpha value is -2.67. The Morgan fingerprint density at radius 2 is 2.08 bits per heavy atom. The number of rotatable bonds is 4. The van der Waals surface area contributed by atoms with Gasteiger partial charge >= 0.3 is 0 Å². The smallest absolute Gasteiger partial charge is 0.297 e. The van der Waals surface area contributed by atoms with Crippen LogP contribution >= 0.6 is 0 Å². The third-order valence-corrected chi connectivity index (χ3v) is 4.81. The lowest BCUT2D eigenvalue weighted by molar-refractivity contribution is -0.123. The Morgan fingerprint density at radius 3 is 2.88 bits per heavy atom. The van der Waals surface area contributed by atoms with Crippen molar-refractivity contribution in [3.05, 3.63) is 40.9 Å². The van der Waals surface area contributed by atoms with E-state index in [4.69, 9.17) is 4.42 Å². The molecule has 0 spiro atoms. The summed E-state index contributed by atoms with van der Waals surface area (Å²) < 4.78 is 6.82. The van der Waals surface area contributed by atoms with Gasteiger partial charge in [-0.05, 0) is 25.0 Å². The van der Waals surface area contributed by atoms with Crippen molar-refractivity contribution in [2.45, 2.75) is 37.8 Å². The first-order chi connectivity index (χ1) is 12.1. The zero-order chi connectivity index (χ0) is 17.4. The van der Waals surface area contributed by atoms with Gasteiger partial charge in [-0.2, -0.15) is 0 Å². The van der Waals surface area contributed by atoms with Gasteiger partial charge in [-0.25, -0.2) is 4.98 Å². The molecule has 0 aliphatic heterocycles. The van der Waals surface area contributed by atoms with E-state index in [1.165, 1.54) is 10.9 Å². The molecule has 7 nitrogen and oxygen atoms in total. The van der Waals surface area contributed by atoms with Gasteiger partial charge in [0.2, 0.25) is 11.5 Å². The third-order valence-electron chi connectivity index (χ3n) is 4.81. The van der Waals surface area contributed by atoms with Crippen LogP contribution in [-0.2, 0) is 11.3 Å². The summed E-state index contributed by atoms with van der Waals surface area (Å²) >= 11 is 0. The summed E-state index contributed by atoms with van der Waals surface area (Å²) in [5.41, 5.74) is 0.0220. The topological polar surface area (TPSA) is 97.4 Å². The minimum absolute atomic E-state index is 0.144. The number of carbonyl (C=O) groups excluding carboxylic acids is 1. The van der Waals surface area contributed by atoms with Crippen LogP contribution in [0.3, 0.4) is 0 Å². The Morgan fingerprint density at radius 1 is 1.32 bits per heavy atom. The van der Waals surface area contributed by atoms with Crippen molar-refractivity contribution in [1.82, 2.24) is 14.9 Å². The van der Waals surface area contributed by atoms with Gasteiger partial charge < -0.3 is 14.8 Å². The quantitative estimate of drug-likeness (QED) is 0.751. The molecule has 7 heteroatoms. The molecule has 25 heavy (non-hydrogen) atoms. The second-order valence-corrected chi connectivity index (χ2v) is 6.66. The van der Waals surface area contributed by atoms with Gasteiger partial charge in [-0.15, -0.1) is 0 Å². The van der Waals surface area contributed by atoms with E-state index < -0.39 is 11.2 Å². The number of hydrogen-bond acceptors (Lipinski definition) is 5. The molecule has 1 saturated carbocycles. The maximum absolute atomic E-state index is 12.6. The average Bonchev–Trinajstić information content (AvgIpc) is 3.20. The lowest BCUT2D eigenvalue weighted by Gasteiger charge is -2.22. The molecular weight excluding hydrogens is 322 g/mol. The fourth-order valence-electron chi connectivity index (χ4n) is 3.41. The minimum Gasteiger partial charge on any atom is -0.448 e. The van der Waals surface area contributed by atoms with Crippen molar-refractivity contribution >= 4 is 28.0 Å². The summed E-state index contributed by atoms with van der Waals surface area (Å²) in [6.07, 6.45) is 4.69. The van der Waals surface area contributed by atoms with E-state index >= 15 is 0 Å². The first-order valence-corrected chi connectivity index (χ1v) is 8.42. The molecule has 3 aromatic rings. The second-order valence-electron chi connectivity index (χ2n) is 6.66. The molecule has 4 rings (SSSR count). The van der Waals surface area contributed by atoms with Gasteiger partial charge in [0.1, 0.15) is 17.6 Å². The van der Waals surface area contributed by atoms with E-state index in [9.17, 15) is 14.7 Å². The number of carbonyl (C=O) groups is 1. The van der Waals surface area contributed by atoms with E-state index in [2.05, 4.69) is 10.3 Å². The summed E-state index contributed by atoms with van der Waals surface area (Å²) in [5.74, 6) is -0.334. The SMILES string of the molecule is O=C(Cn1cnc2c(oc3ccccc32)c1=O)NCC1(O)CCCC1. The number of aromatic nitrogens is 2. The highest BCUT2D eigenvalue weighted by atomic mass is 16.3. The molecule has 1 aliphatic carbocycles. The maximum Gasteiger partial charge on any atom is 0.297 e. The van der Waals surface area contributed by atoms with Crippen molar-refractivity contribution in [2.75, 3.05) is 6.54 Å². The molecule has 0 unspecified atom stereocenters. The van der Waals surface area contributed by atoms with Crippen LogP contribution in [0.2, 0.25) is 0 Å². The molecule has 0 radical (unpaired) electrons. The van der Waals surface area contributed by atoms with E-state index in [1.807, 2.05) is 18.2 Å². The molecule has 1 aliphatic rings. The Bertz CT molecular complexity index is 998. The summed E-state index contributed by atoms with van der Waals surface area (Å²) in [4.78, 5) is 29.0. The fraction of sp³-hybridized carbons (Fsp3) is 0.389. The number of benzene rings is 1. The Labute approximate surface area is 143 Å². The highest BCUT2D eigenvalue weighted by Crippen LogP contribution is 2.28. The van der Waals surface area contributed by atoms with Crippen LogP contribution in [0, 0.1) is 0 Å². The van der Waals surface area contributed by atoms with Gasteiger partial charge in [0.25, 0.3) is 5.56 Å². The first kappa shape index (κ1) is 15.8. The molecule has 1 amide bonds. The molecular formula is C18H19N3O4. The lowest BCUT2D eigenvalue weighted by Crippen LogP contribution is -2.42. The normalized spacial score (nSPS) is 16.5. The van der Waals surface area contributed by atoms with E-state index in [1.54, 1.807) is 6.07 Å². The van der Waals surface area contributed by atoms with Gasteiger partial charge in [-0.1, -0.05) is 25.0 Å². The number of fused-ring (bicyclic) bond motifs is 3. The monoisotopic (exact) mass is 341 g/mol. The fourth-order valence-corrected chi connectivity index (χ4v) is 3.41. The van der Waals surface area contributed by atoms with Gasteiger partial charge in [-0.3, -0.25) is 14.2 Å². The van der Waals surface area contributed by atoms with Crippen molar-refractivity contribution < 1.29 is 14.3 Å². The van der Waals surface area contributed by atoms with Crippen LogP contribution in [0.5, 0.6) is 0 Å². The molecule has 0 atom stereocenters. The predicted molar refractivity (Wildman–Crippen MR) is 92.2 cm³/mol. The molecule has 0 bridgehead atoms. The molecule has 1 aromatic carbocycles. The Kier molecular flexibility index (Phi) is 3.80. The second kappa shape index (κ2) is 6.00. The maximum atomic E-state index is 12.6. The highest BCUT2D eigenvalue weighted by Gasteiger charge is 2.31. The molecule has 0 saturated heterocycles. The summed E-state index contributed by atoms with van der Waals surface area (Å²) in [6, 6.07) is 7.29. The zero-order valence-electron chi connectivity index (χ0n) is 13.7. The third kappa shape index (κ3) is 2.91. The highest BCUT2D eigenvalue weighted by molar-refractivity contribution is 6.01. The van der Waals surface area contributed by atoms with Crippen molar-refractivity contribution in [2.24, 2.45) is 0 Å². The molecule has 2 N–H and O–H groups in total. The average molecular weight is 341 g/mol. The van der Waals surface area contributed by atoms with Crippen LogP contribution in [0.25, 0.3) is 22.1 Å². The number of furan rings is 1. The summed E-state index contributed by atoms with van der Waals surface area (Å²) in [5, 5.41) is 13.8. The lowest BCUT2D eigenvalue weighted by atomic mass is 10.0. The number of nitrogens with one attached hydrogen (secondary N) is 1. The van der Waals surface area contributed by atoms with Crippen molar-refractivity contribution in [3.63, 3.8) is 0 Å².